The standard InChI is InChI=1S/C38H60O11/c1-33(2)13-15-38(32(45)47-8)16-14-35(4)20(21(38)17-33)9-10-24-34(3)18-22(40)29(49-30-28(43)27(42)26(41)23(19-39)48-30)37(6,31(44)46-7)25(34)11-12-36(24,35)5/h9,21-30,39-43H,10-19H2,1-8H3. The highest BCUT2D eigenvalue weighted by atomic mass is 16.7. The van der Waals surface area contributed by atoms with E-state index in [1.165, 1.54) is 19.8 Å². The molecule has 15 atom stereocenters. The molecule has 0 aromatic heterocycles. The summed E-state index contributed by atoms with van der Waals surface area (Å²) < 4.78 is 22.9. The molecular formula is C38H60O11. The van der Waals surface area contributed by atoms with Gasteiger partial charge in [0.1, 0.15) is 30.5 Å². The predicted molar refractivity (Wildman–Crippen MR) is 177 cm³/mol. The van der Waals surface area contributed by atoms with Crippen LogP contribution in [0.15, 0.2) is 11.6 Å². The van der Waals surface area contributed by atoms with E-state index in [-0.39, 0.29) is 40.0 Å². The lowest BCUT2D eigenvalue weighted by Crippen LogP contribution is -2.70. The fourth-order valence-electron chi connectivity index (χ4n) is 12.6. The molecule has 5 aliphatic carbocycles. The van der Waals surface area contributed by atoms with E-state index in [0.29, 0.717) is 12.8 Å². The van der Waals surface area contributed by atoms with E-state index in [9.17, 15) is 35.1 Å². The highest BCUT2D eigenvalue weighted by Gasteiger charge is 2.72. The number of carbonyl (C=O) groups excluding carboxylic acids is 2. The zero-order valence-electron chi connectivity index (χ0n) is 30.6. The van der Waals surface area contributed by atoms with Gasteiger partial charge in [-0.25, -0.2) is 0 Å². The van der Waals surface area contributed by atoms with Crippen LogP contribution in [0.1, 0.15) is 99.3 Å². The summed E-state index contributed by atoms with van der Waals surface area (Å²) >= 11 is 0. The highest BCUT2D eigenvalue weighted by Crippen LogP contribution is 2.76. The summed E-state index contributed by atoms with van der Waals surface area (Å²) in [5, 5.41) is 53.4. The number of rotatable bonds is 5. The number of aliphatic hydroxyl groups is 5. The lowest BCUT2D eigenvalue weighted by atomic mass is 9.33. The molecule has 4 saturated carbocycles. The van der Waals surface area contributed by atoms with Gasteiger partial charge in [0.15, 0.2) is 6.29 Å². The molecule has 0 aromatic carbocycles. The third-order valence-electron chi connectivity index (χ3n) is 15.6. The van der Waals surface area contributed by atoms with Crippen molar-refractivity contribution in [1.82, 2.24) is 0 Å². The van der Waals surface area contributed by atoms with Crippen LogP contribution in [0.4, 0.5) is 0 Å². The molecule has 0 aromatic rings. The van der Waals surface area contributed by atoms with E-state index in [0.717, 1.165) is 44.9 Å². The number of carbonyl (C=O) groups is 2. The Labute approximate surface area is 290 Å². The second-order valence-electron chi connectivity index (χ2n) is 18.2. The second kappa shape index (κ2) is 12.2. The first-order chi connectivity index (χ1) is 22.8. The van der Waals surface area contributed by atoms with Gasteiger partial charge in [0, 0.05) is 0 Å². The van der Waals surface area contributed by atoms with Gasteiger partial charge in [-0.15, -0.1) is 0 Å². The molecule has 0 bridgehead atoms. The van der Waals surface area contributed by atoms with Crippen molar-refractivity contribution in [2.75, 3.05) is 20.8 Å². The van der Waals surface area contributed by atoms with E-state index in [1.807, 2.05) is 0 Å². The maximum absolute atomic E-state index is 14.0. The van der Waals surface area contributed by atoms with Crippen LogP contribution in [0.3, 0.4) is 0 Å². The molecule has 0 radical (unpaired) electrons. The van der Waals surface area contributed by atoms with Crippen LogP contribution in [-0.2, 0) is 28.5 Å². The van der Waals surface area contributed by atoms with Crippen LogP contribution in [0, 0.1) is 50.2 Å². The summed E-state index contributed by atoms with van der Waals surface area (Å²) in [6.07, 6.45) is -0.570. The Kier molecular flexibility index (Phi) is 9.28. The fraction of sp³-hybridized carbons (Fsp3) is 0.895. The van der Waals surface area contributed by atoms with Crippen molar-refractivity contribution in [2.45, 2.75) is 142 Å². The summed E-state index contributed by atoms with van der Waals surface area (Å²) in [4.78, 5) is 27.6. The first-order valence-corrected chi connectivity index (χ1v) is 18.3. The first-order valence-electron chi connectivity index (χ1n) is 18.3. The maximum Gasteiger partial charge on any atom is 0.314 e. The topological polar surface area (TPSA) is 172 Å². The predicted octanol–water partition coefficient (Wildman–Crippen LogP) is 3.27. The molecule has 278 valence electrons. The van der Waals surface area contributed by atoms with Crippen LogP contribution in [0.5, 0.6) is 0 Å². The number of ether oxygens (including phenoxy) is 4. The summed E-state index contributed by atoms with van der Waals surface area (Å²) in [7, 11) is 2.83. The monoisotopic (exact) mass is 692 g/mol. The van der Waals surface area contributed by atoms with Gasteiger partial charge in [-0.3, -0.25) is 9.59 Å². The molecule has 1 aliphatic heterocycles. The van der Waals surface area contributed by atoms with E-state index in [2.05, 4.69) is 40.7 Å². The zero-order chi connectivity index (χ0) is 36.1. The van der Waals surface area contributed by atoms with Crippen LogP contribution < -0.4 is 0 Å². The molecule has 0 amide bonds. The Balaban J connectivity index is 1.38. The van der Waals surface area contributed by atoms with Crippen molar-refractivity contribution in [3.63, 3.8) is 0 Å². The minimum Gasteiger partial charge on any atom is -0.469 e. The Hall–Kier alpha value is -1.60. The fourth-order valence-corrected chi connectivity index (χ4v) is 12.6. The average Bonchev–Trinajstić information content (AvgIpc) is 3.05. The average molecular weight is 693 g/mol. The van der Waals surface area contributed by atoms with Crippen molar-refractivity contribution < 1.29 is 54.1 Å². The Morgan fingerprint density at radius 3 is 2.12 bits per heavy atom. The number of hydrogen-bond donors (Lipinski definition) is 5. The number of hydrogen-bond acceptors (Lipinski definition) is 11. The van der Waals surface area contributed by atoms with Crippen molar-refractivity contribution in [1.29, 1.82) is 0 Å². The number of aliphatic hydroxyl groups excluding tert-OH is 5. The van der Waals surface area contributed by atoms with Gasteiger partial charge in [0.05, 0.1) is 37.8 Å². The first kappa shape index (κ1) is 37.2. The van der Waals surface area contributed by atoms with E-state index < -0.39 is 71.7 Å². The molecule has 6 aliphatic rings. The number of methoxy groups -OCH3 is 2. The summed E-state index contributed by atoms with van der Waals surface area (Å²) in [5.74, 6) is -0.702. The van der Waals surface area contributed by atoms with E-state index >= 15 is 0 Å². The molecule has 1 heterocycles. The molecule has 11 nitrogen and oxygen atoms in total. The van der Waals surface area contributed by atoms with Gasteiger partial charge in [-0.05, 0) is 104 Å². The summed E-state index contributed by atoms with van der Waals surface area (Å²) in [6, 6.07) is 0. The van der Waals surface area contributed by atoms with Crippen LogP contribution in [-0.4, -0.2) is 101 Å². The van der Waals surface area contributed by atoms with Crippen molar-refractivity contribution in [3.05, 3.63) is 11.6 Å². The highest BCUT2D eigenvalue weighted by molar-refractivity contribution is 5.79. The van der Waals surface area contributed by atoms with E-state index in [1.54, 1.807) is 6.92 Å². The van der Waals surface area contributed by atoms with Crippen molar-refractivity contribution in [2.24, 2.45) is 50.2 Å². The van der Waals surface area contributed by atoms with Gasteiger partial charge in [0.25, 0.3) is 0 Å². The molecule has 0 spiro atoms. The molecule has 11 heteroatoms. The minimum absolute atomic E-state index is 0.0893. The van der Waals surface area contributed by atoms with Gasteiger partial charge < -0.3 is 44.5 Å². The van der Waals surface area contributed by atoms with Crippen LogP contribution >= 0.6 is 0 Å². The molecule has 6 rings (SSSR count). The largest absolute Gasteiger partial charge is 0.469 e. The number of allylic oxidation sites excluding steroid dienone is 2. The second-order valence-corrected chi connectivity index (χ2v) is 18.2. The van der Waals surface area contributed by atoms with Gasteiger partial charge in [0.2, 0.25) is 0 Å². The van der Waals surface area contributed by atoms with Crippen LogP contribution in [0.2, 0.25) is 0 Å². The van der Waals surface area contributed by atoms with Gasteiger partial charge in [-0.1, -0.05) is 46.3 Å². The number of fused-ring (bicyclic) bond motifs is 7. The van der Waals surface area contributed by atoms with Gasteiger partial charge in [-0.2, -0.15) is 0 Å². The zero-order valence-corrected chi connectivity index (χ0v) is 30.6. The van der Waals surface area contributed by atoms with Gasteiger partial charge >= 0.3 is 11.9 Å². The molecule has 5 fully saturated rings. The van der Waals surface area contributed by atoms with Crippen molar-refractivity contribution >= 4 is 11.9 Å². The Morgan fingerprint density at radius 1 is 0.837 bits per heavy atom. The summed E-state index contributed by atoms with van der Waals surface area (Å²) in [6.45, 7) is 12.7. The third-order valence-corrected chi connectivity index (χ3v) is 15.6. The molecule has 5 N–H and O–H groups in total. The Bertz CT molecular complexity index is 1350. The lowest BCUT2D eigenvalue weighted by Gasteiger charge is -2.71. The molecular weight excluding hydrogens is 632 g/mol. The molecule has 15 unspecified atom stereocenters. The SMILES string of the molecule is COC(=O)C12CCC(C)(C)CC1C1=CCC3C4(C)CC(O)C(OC5OC(CO)C(O)C(O)C5O)C(C)(C(=O)OC)C4CCC3(C)C1(C)CC2. The number of esters is 2. The molecule has 1 saturated heterocycles. The van der Waals surface area contributed by atoms with E-state index in [4.69, 9.17) is 18.9 Å². The Morgan fingerprint density at radius 2 is 1.49 bits per heavy atom. The molecule has 49 heavy (non-hydrogen) atoms. The lowest BCUT2D eigenvalue weighted by molar-refractivity contribution is -0.340. The normalized spacial score (nSPS) is 52.0. The smallest absolute Gasteiger partial charge is 0.314 e. The minimum atomic E-state index is -1.68. The van der Waals surface area contributed by atoms with Crippen molar-refractivity contribution in [3.8, 4) is 0 Å². The summed E-state index contributed by atoms with van der Waals surface area (Å²) in [5.41, 5.74) is -1.28. The quantitative estimate of drug-likeness (QED) is 0.163. The third kappa shape index (κ3) is 5.06. The van der Waals surface area contributed by atoms with Crippen LogP contribution in [0.25, 0.3) is 0 Å². The maximum atomic E-state index is 14.0.